The molecule has 228 valence electrons. The number of carboxylic acids is 2. The van der Waals surface area contributed by atoms with Crippen LogP contribution in [0.1, 0.15) is 98.4 Å². The molecule has 43 heavy (non-hydrogen) atoms. The summed E-state index contributed by atoms with van der Waals surface area (Å²) in [7, 11) is 0. The molecule has 0 aromatic carbocycles. The molecule has 0 saturated heterocycles. The van der Waals surface area contributed by atoms with Gasteiger partial charge in [-0.05, 0) is 98.9 Å². The molecule has 2 amide bonds. The quantitative estimate of drug-likeness (QED) is 0.205. The zero-order valence-corrected chi connectivity index (χ0v) is 25.6. The van der Waals surface area contributed by atoms with E-state index in [2.05, 4.69) is 20.6 Å². The molecule has 0 unspecified atom stereocenters. The smallest absolute Gasteiger partial charge is 0.303 e. The second-order valence-corrected chi connectivity index (χ2v) is 11.1. The largest absolute Gasteiger partial charge is 0.481 e. The van der Waals surface area contributed by atoms with Gasteiger partial charge in [0.2, 0.25) is 0 Å². The predicted octanol–water partition coefficient (Wildman–Crippen LogP) is 4.98. The Balaban J connectivity index is 1.78. The lowest BCUT2D eigenvalue weighted by molar-refractivity contribution is -0.138. The molecule has 2 aromatic heterocycles. The zero-order valence-electron chi connectivity index (χ0n) is 25.6. The van der Waals surface area contributed by atoms with Gasteiger partial charge in [0.1, 0.15) is 0 Å². The van der Waals surface area contributed by atoms with E-state index in [9.17, 15) is 29.4 Å². The third-order valence-electron chi connectivity index (χ3n) is 8.58. The molecular formula is C33H40N4O6. The Morgan fingerprint density at radius 2 is 1.05 bits per heavy atom. The van der Waals surface area contributed by atoms with Crippen LogP contribution < -0.4 is 10.6 Å². The minimum absolute atomic E-state index is 0.0346. The van der Waals surface area contributed by atoms with Gasteiger partial charge in [-0.15, -0.1) is 0 Å². The number of amides is 2. The summed E-state index contributed by atoms with van der Waals surface area (Å²) < 4.78 is 0. The van der Waals surface area contributed by atoms with Crippen molar-refractivity contribution in [1.29, 1.82) is 0 Å². The van der Waals surface area contributed by atoms with Crippen LogP contribution in [0.4, 0.5) is 0 Å². The lowest BCUT2D eigenvalue weighted by atomic mass is 9.99. The number of rotatable bonds is 12. The van der Waals surface area contributed by atoms with Crippen molar-refractivity contribution in [2.45, 2.75) is 86.5 Å². The van der Waals surface area contributed by atoms with Crippen LogP contribution >= 0.6 is 0 Å². The maximum atomic E-state index is 12.4. The SMILES string of the molecule is CCC1=C(C)C(=O)N/C1=C/c1[nH]c(Cc2[nH]c(/C=C3/NC(=O)C(C)=C3CC)c(CCC(=O)O)c2C)c(C)c1CCC(=O)O. The van der Waals surface area contributed by atoms with Crippen LogP contribution in [0.25, 0.3) is 12.2 Å². The van der Waals surface area contributed by atoms with E-state index in [1.165, 1.54) is 0 Å². The van der Waals surface area contributed by atoms with Crippen LogP contribution in [0, 0.1) is 13.8 Å². The maximum absolute atomic E-state index is 12.4. The number of aromatic amines is 2. The Labute approximate surface area is 251 Å². The van der Waals surface area contributed by atoms with E-state index in [1.807, 2.05) is 39.8 Å². The number of nitrogens with one attached hydrogen (secondary N) is 4. The van der Waals surface area contributed by atoms with Crippen molar-refractivity contribution >= 4 is 35.9 Å². The van der Waals surface area contributed by atoms with Gasteiger partial charge in [0.05, 0.1) is 0 Å². The highest BCUT2D eigenvalue weighted by molar-refractivity contribution is 6.01. The van der Waals surface area contributed by atoms with E-state index in [4.69, 9.17) is 0 Å². The molecule has 6 N–H and O–H groups in total. The van der Waals surface area contributed by atoms with Gasteiger partial charge in [0.15, 0.2) is 0 Å². The number of allylic oxidation sites excluding steroid dienone is 2. The van der Waals surface area contributed by atoms with E-state index in [0.717, 1.165) is 56.2 Å². The number of hydrogen-bond donors (Lipinski definition) is 6. The topological polar surface area (TPSA) is 164 Å². The number of carboxylic acid groups (broad SMARTS) is 2. The monoisotopic (exact) mass is 588 g/mol. The molecule has 2 aliphatic heterocycles. The summed E-state index contributed by atoms with van der Waals surface area (Å²) in [4.78, 5) is 54.6. The first-order valence-electron chi connectivity index (χ1n) is 14.7. The summed E-state index contributed by atoms with van der Waals surface area (Å²) in [5.74, 6) is -2.05. The van der Waals surface area contributed by atoms with E-state index < -0.39 is 11.9 Å². The molecule has 0 spiro atoms. The maximum Gasteiger partial charge on any atom is 0.303 e. The molecular weight excluding hydrogens is 548 g/mol. The number of aromatic nitrogens is 2. The van der Waals surface area contributed by atoms with Crippen molar-refractivity contribution in [1.82, 2.24) is 20.6 Å². The number of hydrogen-bond acceptors (Lipinski definition) is 4. The Morgan fingerprint density at radius 1 is 0.674 bits per heavy atom. The molecule has 0 atom stereocenters. The van der Waals surface area contributed by atoms with Gasteiger partial charge in [0, 0.05) is 64.6 Å². The molecule has 10 heteroatoms. The van der Waals surface area contributed by atoms with Gasteiger partial charge >= 0.3 is 11.9 Å². The highest BCUT2D eigenvalue weighted by atomic mass is 16.4. The van der Waals surface area contributed by atoms with Crippen LogP contribution in [-0.4, -0.2) is 43.9 Å². The van der Waals surface area contributed by atoms with Crippen molar-refractivity contribution in [2.24, 2.45) is 0 Å². The fourth-order valence-corrected chi connectivity index (χ4v) is 6.02. The van der Waals surface area contributed by atoms with Crippen LogP contribution in [0.2, 0.25) is 0 Å². The summed E-state index contributed by atoms with van der Waals surface area (Å²) in [5, 5.41) is 24.7. The van der Waals surface area contributed by atoms with Crippen molar-refractivity contribution < 1.29 is 29.4 Å². The van der Waals surface area contributed by atoms with Crippen LogP contribution in [-0.2, 0) is 38.4 Å². The molecule has 0 radical (unpaired) electrons. The second kappa shape index (κ2) is 12.7. The van der Waals surface area contributed by atoms with Crippen molar-refractivity contribution in [3.8, 4) is 0 Å². The lowest BCUT2D eigenvalue weighted by Gasteiger charge is -2.05. The fraction of sp³-hybridized carbons (Fsp3) is 0.394. The molecule has 2 aromatic rings. The van der Waals surface area contributed by atoms with Crippen molar-refractivity contribution in [3.63, 3.8) is 0 Å². The van der Waals surface area contributed by atoms with Gasteiger partial charge in [-0.1, -0.05) is 13.8 Å². The van der Waals surface area contributed by atoms with Gasteiger partial charge in [-0.3, -0.25) is 19.2 Å². The average molecular weight is 589 g/mol. The van der Waals surface area contributed by atoms with Gasteiger partial charge < -0.3 is 30.8 Å². The molecule has 0 aliphatic carbocycles. The molecule has 0 saturated carbocycles. The third kappa shape index (κ3) is 6.43. The van der Waals surface area contributed by atoms with Crippen molar-refractivity contribution in [2.75, 3.05) is 0 Å². The molecule has 4 heterocycles. The van der Waals surface area contributed by atoms with Crippen LogP contribution in [0.15, 0.2) is 33.7 Å². The van der Waals surface area contributed by atoms with Crippen LogP contribution in [0.3, 0.4) is 0 Å². The number of carbonyl (C=O) groups excluding carboxylic acids is 2. The summed E-state index contributed by atoms with van der Waals surface area (Å²) >= 11 is 0. The third-order valence-corrected chi connectivity index (χ3v) is 8.58. The lowest BCUT2D eigenvalue weighted by Crippen LogP contribution is -2.15. The first-order chi connectivity index (χ1) is 20.4. The zero-order chi connectivity index (χ0) is 31.6. The molecule has 2 aliphatic rings. The summed E-state index contributed by atoms with van der Waals surface area (Å²) in [6.07, 6.45) is 6.19. The second-order valence-electron chi connectivity index (χ2n) is 11.1. The van der Waals surface area contributed by atoms with Crippen LogP contribution in [0.5, 0.6) is 0 Å². The molecule has 10 nitrogen and oxygen atoms in total. The van der Waals surface area contributed by atoms with Gasteiger partial charge in [0.25, 0.3) is 11.8 Å². The standard InChI is InChI=1S/C33H40N4O6/c1-7-20-18(5)32(42)36-26(20)14-28-22(9-11-30(38)39)16(3)24(34-28)13-25-17(4)23(10-12-31(40)41)29(35-25)15-27-21(8-2)19(6)33(43)37-27/h14-15,34-35H,7-13H2,1-6H3,(H,36,42)(H,37,43)(H,38,39)(H,40,41)/b26-14+,27-15+. The number of carbonyl (C=O) groups is 4. The van der Waals surface area contributed by atoms with Gasteiger partial charge in [-0.2, -0.15) is 0 Å². The van der Waals surface area contributed by atoms with Crippen molar-refractivity contribution in [3.05, 3.63) is 78.7 Å². The number of aliphatic carboxylic acids is 2. The predicted molar refractivity (Wildman–Crippen MR) is 164 cm³/mol. The summed E-state index contributed by atoms with van der Waals surface area (Å²) in [6, 6.07) is 0. The summed E-state index contributed by atoms with van der Waals surface area (Å²) in [5.41, 5.74) is 11.6. The highest BCUT2D eigenvalue weighted by Gasteiger charge is 2.26. The minimum Gasteiger partial charge on any atom is -0.481 e. The molecule has 0 fully saturated rings. The first kappa shape index (κ1) is 31.3. The minimum atomic E-state index is -0.893. The fourth-order valence-electron chi connectivity index (χ4n) is 6.02. The van der Waals surface area contributed by atoms with E-state index in [0.29, 0.717) is 54.6 Å². The Hall–Kier alpha value is -4.60. The highest BCUT2D eigenvalue weighted by Crippen LogP contribution is 2.32. The molecule has 0 bridgehead atoms. The van der Waals surface area contributed by atoms with E-state index >= 15 is 0 Å². The Morgan fingerprint density at radius 3 is 1.37 bits per heavy atom. The molecule has 4 rings (SSSR count). The van der Waals surface area contributed by atoms with E-state index in [-0.39, 0.29) is 24.7 Å². The van der Waals surface area contributed by atoms with E-state index in [1.54, 1.807) is 13.8 Å². The normalized spacial score (nSPS) is 17.1. The summed E-state index contributed by atoms with van der Waals surface area (Å²) in [6.45, 7) is 11.5. The number of H-pyrrole nitrogens is 2. The Bertz CT molecular complexity index is 1520. The van der Waals surface area contributed by atoms with Gasteiger partial charge in [-0.25, -0.2) is 0 Å². The Kier molecular flexibility index (Phi) is 9.27. The average Bonchev–Trinajstić information content (AvgIpc) is 3.59. The first-order valence-corrected chi connectivity index (χ1v) is 14.7.